The number of hydrogen-bond donors (Lipinski definition) is 0. The largest absolute Gasteiger partial charge is 0.262 e. The maximum Gasteiger partial charge on any atom is 0.262 e. The minimum atomic E-state index is -0.459. The van der Waals surface area contributed by atoms with Gasteiger partial charge in [0, 0.05) is 0 Å². The van der Waals surface area contributed by atoms with Crippen molar-refractivity contribution in [3.63, 3.8) is 0 Å². The molecule has 0 heterocycles. The van der Waals surface area contributed by atoms with Crippen LogP contribution in [0.1, 0.15) is 67.2 Å². The van der Waals surface area contributed by atoms with Gasteiger partial charge in [0.1, 0.15) is 0 Å². The topological polar surface area (TPSA) is 0 Å². The summed E-state index contributed by atoms with van der Waals surface area (Å²) in [7, 11) is 0. The molecular formula is C16H35Al. The highest BCUT2D eigenvalue weighted by atomic mass is 27.2. The molecule has 0 aliphatic carbocycles. The van der Waals surface area contributed by atoms with Gasteiger partial charge in [-0.1, -0.05) is 101 Å². The van der Waals surface area contributed by atoms with E-state index in [1.54, 1.807) is 15.8 Å². The van der Waals surface area contributed by atoms with Crippen LogP contribution < -0.4 is 0 Å². The van der Waals surface area contributed by atoms with Gasteiger partial charge in [-0.05, 0) is 0 Å². The van der Waals surface area contributed by atoms with E-state index in [4.69, 9.17) is 0 Å². The summed E-state index contributed by atoms with van der Waals surface area (Å²) in [5.74, 6) is 2.84. The Morgan fingerprint density at radius 1 is 0.765 bits per heavy atom. The van der Waals surface area contributed by atoms with Crippen molar-refractivity contribution in [3.8, 4) is 0 Å². The fourth-order valence-corrected chi connectivity index (χ4v) is 7.67. The standard InChI is InChI=1S/C8H17.2C4H9.Al/c1-4-5-6-7-8(2)3;2*1-4(2)3;/h8H,2,4-7H2,1,3H3;2*4H,1H2,2-3H3;. The van der Waals surface area contributed by atoms with Gasteiger partial charge >= 0.3 is 0 Å². The van der Waals surface area contributed by atoms with Crippen LogP contribution in [0.4, 0.5) is 0 Å². The van der Waals surface area contributed by atoms with Crippen LogP contribution in [0.3, 0.4) is 0 Å². The van der Waals surface area contributed by atoms with E-state index in [1.807, 2.05) is 0 Å². The van der Waals surface area contributed by atoms with Gasteiger partial charge in [-0.3, -0.25) is 0 Å². The molecule has 0 saturated carbocycles. The van der Waals surface area contributed by atoms with Gasteiger partial charge in [0.25, 0.3) is 14.1 Å². The van der Waals surface area contributed by atoms with Crippen LogP contribution in [0, 0.1) is 17.8 Å². The Kier molecular flexibility index (Phi) is 10.8. The molecule has 1 unspecified atom stereocenters. The summed E-state index contributed by atoms with van der Waals surface area (Å²) < 4.78 is 0. The van der Waals surface area contributed by atoms with E-state index in [0.717, 1.165) is 17.8 Å². The van der Waals surface area contributed by atoms with Crippen molar-refractivity contribution >= 4 is 14.1 Å². The third-order valence-corrected chi connectivity index (χ3v) is 8.34. The monoisotopic (exact) mass is 254 g/mol. The molecule has 0 spiro atoms. The van der Waals surface area contributed by atoms with Crippen LogP contribution in [-0.2, 0) is 0 Å². The third-order valence-electron chi connectivity index (χ3n) is 3.65. The fraction of sp³-hybridized carbons (Fsp3) is 1.00. The molecule has 0 nitrogen and oxygen atoms in total. The Bertz CT molecular complexity index is 153. The maximum absolute atomic E-state index is 2.50. The molecule has 1 atom stereocenters. The van der Waals surface area contributed by atoms with Gasteiger partial charge in [0.05, 0.1) is 0 Å². The van der Waals surface area contributed by atoms with Crippen LogP contribution in [0.25, 0.3) is 0 Å². The lowest BCUT2D eigenvalue weighted by Gasteiger charge is -2.20. The molecule has 0 saturated heterocycles. The van der Waals surface area contributed by atoms with Crippen molar-refractivity contribution in [1.29, 1.82) is 0 Å². The van der Waals surface area contributed by atoms with Gasteiger partial charge in [0.15, 0.2) is 0 Å². The molecule has 0 fully saturated rings. The van der Waals surface area contributed by atoms with Gasteiger partial charge in [-0.2, -0.15) is 0 Å². The Morgan fingerprint density at radius 3 is 1.71 bits per heavy atom. The highest BCUT2D eigenvalue weighted by molar-refractivity contribution is 6.58. The number of rotatable bonds is 10. The molecule has 0 N–H and O–H groups in total. The molecular weight excluding hydrogens is 219 g/mol. The van der Waals surface area contributed by atoms with Crippen molar-refractivity contribution in [1.82, 2.24) is 0 Å². The Labute approximate surface area is 115 Å². The van der Waals surface area contributed by atoms with Gasteiger partial charge in [-0.25, -0.2) is 0 Å². The average molecular weight is 254 g/mol. The number of unbranched alkanes of at least 4 members (excludes halogenated alkanes) is 2. The summed E-state index contributed by atoms with van der Waals surface area (Å²) in [6, 6.07) is 0. The maximum atomic E-state index is 2.50. The highest BCUT2D eigenvalue weighted by Gasteiger charge is 2.22. The predicted octanol–water partition coefficient (Wildman–Crippen LogP) is 6.01. The first-order valence-electron chi connectivity index (χ1n) is 7.95. The second kappa shape index (κ2) is 10.5. The molecule has 0 rings (SSSR count). The summed E-state index contributed by atoms with van der Waals surface area (Å²) in [5, 5.41) is 4.73. The van der Waals surface area contributed by atoms with Crippen molar-refractivity contribution < 1.29 is 0 Å². The zero-order chi connectivity index (χ0) is 13.3. The predicted molar refractivity (Wildman–Crippen MR) is 83.2 cm³/mol. The van der Waals surface area contributed by atoms with E-state index >= 15 is 0 Å². The quantitative estimate of drug-likeness (QED) is 0.331. The smallest absolute Gasteiger partial charge is 0.0915 e. The zero-order valence-corrected chi connectivity index (χ0v) is 14.4. The van der Waals surface area contributed by atoms with Crippen molar-refractivity contribution in [2.75, 3.05) is 0 Å². The molecule has 0 amide bonds. The summed E-state index contributed by atoms with van der Waals surface area (Å²) in [4.78, 5) is 0. The van der Waals surface area contributed by atoms with Gasteiger partial charge in [-0.15, -0.1) is 0 Å². The average Bonchev–Trinajstić information content (AvgIpc) is 2.15. The second-order valence-corrected chi connectivity index (χ2v) is 10.1. The lowest BCUT2D eigenvalue weighted by atomic mass is 10.1. The first-order chi connectivity index (χ1) is 7.95. The molecule has 0 aromatic heterocycles. The van der Waals surface area contributed by atoms with E-state index in [0.29, 0.717) is 0 Å². The SMILES string of the molecule is CCCCCC(C)[CH2][Al]([CH2]C(C)C)[CH2]C(C)C. The lowest BCUT2D eigenvalue weighted by molar-refractivity contribution is 0.525. The van der Waals surface area contributed by atoms with Gasteiger partial charge < -0.3 is 0 Å². The third kappa shape index (κ3) is 11.4. The molecule has 0 radical (unpaired) electrons. The second-order valence-electron chi connectivity index (χ2n) is 6.96. The summed E-state index contributed by atoms with van der Waals surface area (Å²) in [6.45, 7) is 14.4. The van der Waals surface area contributed by atoms with Crippen LogP contribution in [0.2, 0.25) is 15.8 Å². The Hall–Kier alpha value is 0.532. The zero-order valence-electron chi connectivity index (χ0n) is 13.3. The summed E-state index contributed by atoms with van der Waals surface area (Å²) in [5.41, 5.74) is 0. The molecule has 0 bridgehead atoms. The van der Waals surface area contributed by atoms with Crippen molar-refractivity contribution in [2.45, 2.75) is 83.1 Å². The summed E-state index contributed by atoms with van der Waals surface area (Å²) in [6.07, 6.45) is 5.74. The fourth-order valence-electron chi connectivity index (χ4n) is 3.05. The van der Waals surface area contributed by atoms with Crippen molar-refractivity contribution in [2.24, 2.45) is 17.8 Å². The Morgan fingerprint density at radius 2 is 1.29 bits per heavy atom. The van der Waals surface area contributed by atoms with Crippen molar-refractivity contribution in [3.05, 3.63) is 0 Å². The minimum absolute atomic E-state index is 0.459. The minimum Gasteiger partial charge on any atom is -0.0915 e. The van der Waals surface area contributed by atoms with E-state index in [2.05, 4.69) is 41.5 Å². The van der Waals surface area contributed by atoms with Crippen LogP contribution >= 0.6 is 0 Å². The molecule has 0 aromatic carbocycles. The molecule has 102 valence electrons. The lowest BCUT2D eigenvalue weighted by Crippen LogP contribution is -2.20. The molecule has 0 aliphatic heterocycles. The summed E-state index contributed by atoms with van der Waals surface area (Å²) >= 11 is -0.459. The normalized spacial score (nSPS) is 13.4. The molecule has 0 aliphatic rings. The van der Waals surface area contributed by atoms with Crippen LogP contribution in [0.5, 0.6) is 0 Å². The van der Waals surface area contributed by atoms with Crippen LogP contribution in [0.15, 0.2) is 0 Å². The molecule has 0 aromatic rings. The number of hydrogen-bond acceptors (Lipinski definition) is 0. The van der Waals surface area contributed by atoms with E-state index in [9.17, 15) is 0 Å². The van der Waals surface area contributed by atoms with Gasteiger partial charge in [0.2, 0.25) is 0 Å². The highest BCUT2D eigenvalue weighted by Crippen LogP contribution is 2.24. The van der Waals surface area contributed by atoms with E-state index in [-0.39, 0.29) is 0 Å². The Balaban J connectivity index is 3.94. The molecule has 1 heteroatoms. The van der Waals surface area contributed by atoms with E-state index in [1.165, 1.54) is 25.7 Å². The van der Waals surface area contributed by atoms with E-state index < -0.39 is 14.1 Å². The molecule has 17 heavy (non-hydrogen) atoms. The first-order valence-corrected chi connectivity index (χ1v) is 10.4. The van der Waals surface area contributed by atoms with Crippen LogP contribution in [-0.4, -0.2) is 14.1 Å². The first kappa shape index (κ1) is 17.5.